The molecule has 20 heavy (non-hydrogen) atoms. The van der Waals surface area contributed by atoms with Gasteiger partial charge in [-0.25, -0.2) is 4.39 Å². The van der Waals surface area contributed by atoms with Gasteiger partial charge in [-0.2, -0.15) is 0 Å². The zero-order valence-corrected chi connectivity index (χ0v) is 11.2. The molecule has 0 atom stereocenters. The SMILES string of the molecule is Nc1cc2c(cc1Nc1ccc(Cl)cc1F)OCCO2. The second-order valence-corrected chi connectivity index (χ2v) is 4.77. The summed E-state index contributed by atoms with van der Waals surface area (Å²) in [5, 5.41) is 3.26. The van der Waals surface area contributed by atoms with Crippen LogP contribution in [0.25, 0.3) is 0 Å². The Balaban J connectivity index is 1.94. The van der Waals surface area contributed by atoms with Gasteiger partial charge in [-0.3, -0.25) is 0 Å². The molecule has 1 aliphatic rings. The van der Waals surface area contributed by atoms with Gasteiger partial charge in [0.1, 0.15) is 19.0 Å². The standard InChI is InChI=1S/C14H12ClFN2O2/c15-8-1-2-11(9(16)5-8)18-12-7-14-13(6-10(12)17)19-3-4-20-14/h1-2,5-7,18H,3-4,17H2. The van der Waals surface area contributed by atoms with Crippen molar-refractivity contribution in [3.8, 4) is 11.5 Å². The Morgan fingerprint density at radius 3 is 2.45 bits per heavy atom. The molecule has 0 bridgehead atoms. The Kier molecular flexibility index (Phi) is 3.28. The molecule has 0 aliphatic carbocycles. The third kappa shape index (κ3) is 2.44. The van der Waals surface area contributed by atoms with E-state index in [2.05, 4.69) is 5.32 Å². The van der Waals surface area contributed by atoms with Crippen LogP contribution in [-0.4, -0.2) is 13.2 Å². The van der Waals surface area contributed by atoms with Crippen molar-refractivity contribution in [1.29, 1.82) is 0 Å². The summed E-state index contributed by atoms with van der Waals surface area (Å²) in [6, 6.07) is 7.73. The summed E-state index contributed by atoms with van der Waals surface area (Å²) in [5.41, 5.74) is 7.21. The lowest BCUT2D eigenvalue weighted by Gasteiger charge is -2.20. The molecular weight excluding hydrogens is 283 g/mol. The lowest BCUT2D eigenvalue weighted by atomic mass is 10.2. The van der Waals surface area contributed by atoms with Crippen LogP contribution < -0.4 is 20.5 Å². The molecule has 4 nitrogen and oxygen atoms in total. The first-order valence-corrected chi connectivity index (χ1v) is 6.42. The minimum Gasteiger partial charge on any atom is -0.486 e. The largest absolute Gasteiger partial charge is 0.486 e. The first-order chi connectivity index (χ1) is 9.63. The quantitative estimate of drug-likeness (QED) is 0.831. The Bertz CT molecular complexity index is 664. The van der Waals surface area contributed by atoms with Crippen molar-refractivity contribution in [3.05, 3.63) is 41.2 Å². The van der Waals surface area contributed by atoms with E-state index in [1.54, 1.807) is 24.3 Å². The van der Waals surface area contributed by atoms with Crippen molar-refractivity contribution in [3.63, 3.8) is 0 Å². The first-order valence-electron chi connectivity index (χ1n) is 6.04. The predicted octanol–water partition coefficient (Wildman–Crippen LogP) is 3.58. The van der Waals surface area contributed by atoms with Crippen molar-refractivity contribution in [2.75, 3.05) is 24.3 Å². The average molecular weight is 295 g/mol. The van der Waals surface area contributed by atoms with Gasteiger partial charge in [-0.1, -0.05) is 11.6 Å². The van der Waals surface area contributed by atoms with E-state index in [-0.39, 0.29) is 5.69 Å². The van der Waals surface area contributed by atoms with Gasteiger partial charge in [0.25, 0.3) is 0 Å². The minimum atomic E-state index is -0.452. The molecule has 3 rings (SSSR count). The first kappa shape index (κ1) is 12.9. The van der Waals surface area contributed by atoms with Gasteiger partial charge in [0, 0.05) is 17.2 Å². The van der Waals surface area contributed by atoms with Gasteiger partial charge in [-0.15, -0.1) is 0 Å². The third-order valence-electron chi connectivity index (χ3n) is 2.91. The number of halogens is 2. The zero-order chi connectivity index (χ0) is 14.1. The van der Waals surface area contributed by atoms with Crippen LogP contribution in [0.3, 0.4) is 0 Å². The van der Waals surface area contributed by atoms with Crippen molar-refractivity contribution in [2.45, 2.75) is 0 Å². The molecule has 0 aromatic heterocycles. The number of fused-ring (bicyclic) bond motifs is 1. The Morgan fingerprint density at radius 2 is 1.75 bits per heavy atom. The Morgan fingerprint density at radius 1 is 1.05 bits per heavy atom. The molecule has 0 spiro atoms. The minimum absolute atomic E-state index is 0.290. The van der Waals surface area contributed by atoms with Gasteiger partial charge in [0.15, 0.2) is 11.5 Å². The van der Waals surface area contributed by atoms with E-state index < -0.39 is 5.82 Å². The Hall–Kier alpha value is -2.14. The van der Waals surface area contributed by atoms with Crippen LogP contribution in [0.15, 0.2) is 30.3 Å². The van der Waals surface area contributed by atoms with E-state index in [9.17, 15) is 4.39 Å². The molecule has 104 valence electrons. The van der Waals surface area contributed by atoms with Gasteiger partial charge < -0.3 is 20.5 Å². The van der Waals surface area contributed by atoms with Crippen LogP contribution >= 0.6 is 11.6 Å². The van der Waals surface area contributed by atoms with E-state index >= 15 is 0 Å². The molecule has 2 aromatic rings. The summed E-state index contributed by atoms with van der Waals surface area (Å²) in [6.07, 6.45) is 0. The van der Waals surface area contributed by atoms with E-state index in [1.807, 2.05) is 0 Å². The fourth-order valence-corrected chi connectivity index (χ4v) is 2.11. The van der Waals surface area contributed by atoms with Crippen LogP contribution in [0.4, 0.5) is 21.5 Å². The number of rotatable bonds is 2. The zero-order valence-electron chi connectivity index (χ0n) is 10.5. The molecule has 1 aliphatic heterocycles. The van der Waals surface area contributed by atoms with Crippen molar-refractivity contribution in [2.24, 2.45) is 0 Å². The highest BCUT2D eigenvalue weighted by Gasteiger charge is 2.15. The second-order valence-electron chi connectivity index (χ2n) is 4.33. The molecule has 0 fully saturated rings. The highest BCUT2D eigenvalue weighted by molar-refractivity contribution is 6.30. The number of hydrogen-bond acceptors (Lipinski definition) is 4. The van der Waals surface area contributed by atoms with E-state index in [1.165, 1.54) is 6.07 Å². The summed E-state index contributed by atoms with van der Waals surface area (Å²) in [7, 11) is 0. The number of nitrogens with two attached hydrogens (primary N) is 1. The molecule has 0 unspecified atom stereocenters. The molecule has 0 saturated heterocycles. The van der Waals surface area contributed by atoms with Crippen LogP contribution in [0.1, 0.15) is 0 Å². The number of hydrogen-bond donors (Lipinski definition) is 2. The number of benzene rings is 2. The van der Waals surface area contributed by atoms with Gasteiger partial charge in [0.05, 0.1) is 17.1 Å². The van der Waals surface area contributed by atoms with Gasteiger partial charge >= 0.3 is 0 Å². The predicted molar refractivity (Wildman–Crippen MR) is 76.5 cm³/mol. The molecule has 2 aromatic carbocycles. The number of nitrogen functional groups attached to an aromatic ring is 1. The van der Waals surface area contributed by atoms with Crippen LogP contribution in [0.2, 0.25) is 5.02 Å². The summed E-state index contributed by atoms with van der Waals surface area (Å²) in [5.74, 6) is 0.727. The maximum atomic E-state index is 13.8. The number of nitrogens with one attached hydrogen (secondary N) is 1. The van der Waals surface area contributed by atoms with Crippen molar-refractivity contribution in [1.82, 2.24) is 0 Å². The van der Waals surface area contributed by atoms with E-state index in [4.69, 9.17) is 26.8 Å². The second kappa shape index (κ2) is 5.09. The van der Waals surface area contributed by atoms with E-state index in [0.29, 0.717) is 41.1 Å². The fourth-order valence-electron chi connectivity index (χ4n) is 1.95. The van der Waals surface area contributed by atoms with Crippen LogP contribution in [-0.2, 0) is 0 Å². The monoisotopic (exact) mass is 294 g/mol. The topological polar surface area (TPSA) is 56.5 Å². The van der Waals surface area contributed by atoms with Crippen LogP contribution in [0, 0.1) is 5.82 Å². The lowest BCUT2D eigenvalue weighted by Crippen LogP contribution is -2.15. The van der Waals surface area contributed by atoms with Crippen molar-refractivity contribution < 1.29 is 13.9 Å². The summed E-state index contributed by atoms with van der Waals surface area (Å²) in [6.45, 7) is 0.969. The highest BCUT2D eigenvalue weighted by atomic mass is 35.5. The normalized spacial score (nSPS) is 13.1. The van der Waals surface area contributed by atoms with Gasteiger partial charge in [-0.05, 0) is 18.2 Å². The summed E-state index contributed by atoms with van der Waals surface area (Å²) in [4.78, 5) is 0. The molecule has 6 heteroatoms. The summed E-state index contributed by atoms with van der Waals surface area (Å²) >= 11 is 5.72. The summed E-state index contributed by atoms with van der Waals surface area (Å²) < 4.78 is 24.7. The molecule has 0 saturated carbocycles. The smallest absolute Gasteiger partial charge is 0.163 e. The van der Waals surface area contributed by atoms with Crippen molar-refractivity contribution >= 4 is 28.7 Å². The average Bonchev–Trinajstić information content (AvgIpc) is 2.42. The Labute approximate surface area is 120 Å². The molecule has 0 amide bonds. The number of anilines is 3. The van der Waals surface area contributed by atoms with Gasteiger partial charge in [0.2, 0.25) is 0 Å². The molecular formula is C14H12ClFN2O2. The fraction of sp³-hybridized carbons (Fsp3) is 0.143. The van der Waals surface area contributed by atoms with Crippen LogP contribution in [0.5, 0.6) is 11.5 Å². The lowest BCUT2D eigenvalue weighted by molar-refractivity contribution is 0.172. The highest BCUT2D eigenvalue weighted by Crippen LogP contribution is 2.38. The third-order valence-corrected chi connectivity index (χ3v) is 3.15. The van der Waals surface area contributed by atoms with E-state index in [0.717, 1.165) is 0 Å². The molecule has 0 radical (unpaired) electrons. The molecule has 1 heterocycles. The number of ether oxygens (including phenoxy) is 2. The maximum absolute atomic E-state index is 13.8. The molecule has 3 N–H and O–H groups in total. The maximum Gasteiger partial charge on any atom is 0.163 e.